The molecule has 12 heteroatoms. The normalized spacial score (nSPS) is 16.3. The molecule has 0 fully saturated rings. The number of nitrogens with zero attached hydrogens (tertiary/aromatic N) is 1. The maximum atomic E-state index is 13.5. The average Bonchev–Trinajstić information content (AvgIpc) is 3.26. The number of sulfonamides is 1. The Hall–Kier alpha value is -2.96. The highest BCUT2D eigenvalue weighted by atomic mass is 32.2. The van der Waals surface area contributed by atoms with Crippen molar-refractivity contribution >= 4 is 44.8 Å². The number of aromatic nitrogens is 1. The Labute approximate surface area is 241 Å². The van der Waals surface area contributed by atoms with Gasteiger partial charge in [-0.05, 0) is 92.4 Å². The van der Waals surface area contributed by atoms with Gasteiger partial charge in [-0.25, -0.2) is 27.7 Å². The molecule has 0 unspecified atom stereocenters. The van der Waals surface area contributed by atoms with Gasteiger partial charge >= 0.3 is 12.2 Å². The number of ether oxygens (including phenoxy) is 2. The van der Waals surface area contributed by atoms with Gasteiger partial charge in [-0.1, -0.05) is 12.1 Å². The van der Waals surface area contributed by atoms with Crippen LogP contribution in [-0.4, -0.2) is 48.9 Å². The predicted octanol–water partition coefficient (Wildman–Crippen LogP) is 6.30. The molecule has 40 heavy (non-hydrogen) atoms. The van der Waals surface area contributed by atoms with Crippen LogP contribution in [0.15, 0.2) is 35.4 Å². The van der Waals surface area contributed by atoms with Crippen LogP contribution < -0.4 is 15.4 Å². The summed E-state index contributed by atoms with van der Waals surface area (Å²) in [5, 5.41) is 6.31. The number of nitrogens with one attached hydrogen (secondary N) is 3. The topological polar surface area (TPSA) is 136 Å². The van der Waals surface area contributed by atoms with E-state index in [1.807, 2.05) is 20.8 Å². The van der Waals surface area contributed by atoms with E-state index in [0.717, 1.165) is 17.0 Å². The Kier molecular flexibility index (Phi) is 9.69. The third-order valence-electron chi connectivity index (χ3n) is 5.48. The van der Waals surface area contributed by atoms with E-state index in [-0.39, 0.29) is 17.0 Å². The van der Waals surface area contributed by atoms with E-state index >= 15 is 0 Å². The van der Waals surface area contributed by atoms with E-state index in [1.165, 1.54) is 17.4 Å². The summed E-state index contributed by atoms with van der Waals surface area (Å²) in [7, 11) is -3.96. The van der Waals surface area contributed by atoms with Crippen LogP contribution >= 0.6 is 11.3 Å². The van der Waals surface area contributed by atoms with Gasteiger partial charge in [0, 0.05) is 29.0 Å². The fourth-order valence-electron chi connectivity index (χ4n) is 4.03. The zero-order chi connectivity index (χ0) is 29.9. The second-order valence-electron chi connectivity index (χ2n) is 12.0. The molecule has 3 N–H and O–H groups in total. The zero-order valence-electron chi connectivity index (χ0n) is 24.4. The Morgan fingerprint density at radius 3 is 2.38 bits per heavy atom. The second-order valence-corrected chi connectivity index (χ2v) is 14.7. The fourth-order valence-corrected chi connectivity index (χ4v) is 6.78. The van der Waals surface area contributed by atoms with Crippen molar-refractivity contribution in [2.24, 2.45) is 0 Å². The lowest BCUT2D eigenvalue weighted by molar-refractivity contribution is 0.0501. The van der Waals surface area contributed by atoms with E-state index in [2.05, 4.69) is 26.4 Å². The minimum Gasteiger partial charge on any atom is -0.447 e. The molecule has 1 aromatic carbocycles. The number of carbonyl (C=O) groups is 2. The largest absolute Gasteiger partial charge is 0.447 e. The molecule has 0 radical (unpaired) electrons. The van der Waals surface area contributed by atoms with E-state index in [9.17, 15) is 18.0 Å². The maximum Gasteiger partial charge on any atom is 0.411 e. The molecule has 0 aliphatic heterocycles. The lowest BCUT2D eigenvalue weighted by atomic mass is 9.95. The SMILES string of the molecule is CC(C)OC(=O)Nc1ccc(-c2cnc(C3=CC[C@@H](NC(=O)OC(C)(C)C)CC3)s2)c(S(=O)(=O)NC(C)(C)C)c1. The summed E-state index contributed by atoms with van der Waals surface area (Å²) in [5.74, 6) is 0. The number of hydrogen-bond acceptors (Lipinski definition) is 8. The summed E-state index contributed by atoms with van der Waals surface area (Å²) >= 11 is 1.40. The number of hydrogen-bond donors (Lipinski definition) is 3. The van der Waals surface area contributed by atoms with Gasteiger partial charge in [0.1, 0.15) is 10.6 Å². The van der Waals surface area contributed by atoms with Crippen LogP contribution in [0.3, 0.4) is 0 Å². The molecule has 1 atom stereocenters. The lowest BCUT2D eigenvalue weighted by Crippen LogP contribution is -2.40. The van der Waals surface area contributed by atoms with Crippen molar-refractivity contribution in [1.29, 1.82) is 0 Å². The minimum atomic E-state index is -3.96. The highest BCUT2D eigenvalue weighted by Crippen LogP contribution is 2.38. The van der Waals surface area contributed by atoms with Gasteiger partial charge < -0.3 is 14.8 Å². The van der Waals surface area contributed by atoms with E-state index < -0.39 is 33.3 Å². The Morgan fingerprint density at radius 1 is 1.10 bits per heavy atom. The first kappa shape index (κ1) is 31.6. The van der Waals surface area contributed by atoms with Gasteiger partial charge in [0.15, 0.2) is 0 Å². The van der Waals surface area contributed by atoms with Gasteiger partial charge in [0.05, 0.1) is 15.9 Å². The van der Waals surface area contributed by atoms with Crippen LogP contribution in [0.2, 0.25) is 0 Å². The molecule has 2 aromatic rings. The Bertz CT molecular complexity index is 1370. The highest BCUT2D eigenvalue weighted by molar-refractivity contribution is 7.89. The van der Waals surface area contributed by atoms with Crippen LogP contribution in [0.4, 0.5) is 15.3 Å². The van der Waals surface area contributed by atoms with Crippen LogP contribution in [0, 0.1) is 0 Å². The summed E-state index contributed by atoms with van der Waals surface area (Å²) in [5.41, 5.74) is 0.546. The molecule has 10 nitrogen and oxygen atoms in total. The summed E-state index contributed by atoms with van der Waals surface area (Å²) < 4.78 is 40.1. The number of carbonyl (C=O) groups excluding carboxylic acids is 2. The average molecular weight is 593 g/mol. The number of amides is 2. The van der Waals surface area contributed by atoms with Gasteiger partial charge in [0.2, 0.25) is 10.0 Å². The smallest absolute Gasteiger partial charge is 0.411 e. The second kappa shape index (κ2) is 12.3. The summed E-state index contributed by atoms with van der Waals surface area (Å²) in [6.45, 7) is 14.2. The van der Waals surface area contributed by atoms with Crippen LogP contribution in [0.5, 0.6) is 0 Å². The van der Waals surface area contributed by atoms with Gasteiger partial charge in [-0.15, -0.1) is 11.3 Å². The van der Waals surface area contributed by atoms with Crippen molar-refractivity contribution in [3.05, 3.63) is 35.5 Å². The molecular formula is C28H40N4O6S2. The zero-order valence-corrected chi connectivity index (χ0v) is 26.0. The monoisotopic (exact) mass is 592 g/mol. The molecule has 0 saturated heterocycles. The standard InChI is InChI=1S/C28H40N4O6S2/c1-17(2)37-25(33)31-20-13-14-21(23(15-20)40(35,36)32-27(3,4)5)22-16-29-24(39-22)18-9-11-19(12-10-18)30-26(34)38-28(6,7)8/h9,13-17,19,32H,10-12H2,1-8H3,(H,30,34)(H,31,33)/t19-/m1/s1. The van der Waals surface area contributed by atoms with Crippen molar-refractivity contribution in [2.45, 2.75) is 103 Å². The number of allylic oxidation sites excluding steroid dienone is 1. The minimum absolute atomic E-state index is 0.0271. The van der Waals surface area contributed by atoms with Crippen LogP contribution in [0.1, 0.15) is 79.7 Å². The number of benzene rings is 1. The first-order valence-corrected chi connectivity index (χ1v) is 15.5. The van der Waals surface area contributed by atoms with Gasteiger partial charge in [-0.3, -0.25) is 5.32 Å². The lowest BCUT2D eigenvalue weighted by Gasteiger charge is -2.25. The first-order chi connectivity index (χ1) is 18.4. The van der Waals surface area contributed by atoms with E-state index in [4.69, 9.17) is 9.47 Å². The molecular weight excluding hydrogens is 552 g/mol. The van der Waals surface area contributed by atoms with E-state index in [1.54, 1.807) is 52.9 Å². The molecule has 0 bridgehead atoms. The number of alkyl carbamates (subject to hydrolysis) is 1. The van der Waals surface area contributed by atoms with Gasteiger partial charge in [0.25, 0.3) is 0 Å². The first-order valence-electron chi connectivity index (χ1n) is 13.2. The summed E-state index contributed by atoms with van der Waals surface area (Å²) in [4.78, 5) is 29.6. The molecule has 220 valence electrons. The Morgan fingerprint density at radius 2 is 1.80 bits per heavy atom. The molecule has 2 amide bonds. The van der Waals surface area contributed by atoms with Crippen molar-refractivity contribution in [3.8, 4) is 10.4 Å². The number of anilines is 1. The van der Waals surface area contributed by atoms with Crippen LogP contribution in [-0.2, 0) is 19.5 Å². The van der Waals surface area contributed by atoms with Crippen molar-refractivity contribution in [1.82, 2.24) is 15.0 Å². The molecule has 0 spiro atoms. The Balaban J connectivity index is 1.86. The summed E-state index contributed by atoms with van der Waals surface area (Å²) in [6, 6.07) is 4.70. The van der Waals surface area contributed by atoms with Crippen molar-refractivity contribution in [2.75, 3.05) is 5.32 Å². The fraction of sp³-hybridized carbons (Fsp3) is 0.536. The quantitative estimate of drug-likeness (QED) is 0.343. The third-order valence-corrected chi connectivity index (χ3v) is 8.38. The van der Waals surface area contributed by atoms with Crippen molar-refractivity contribution < 1.29 is 27.5 Å². The summed E-state index contributed by atoms with van der Waals surface area (Å²) in [6.07, 6.45) is 4.39. The maximum absolute atomic E-state index is 13.5. The molecule has 3 rings (SSSR count). The molecule has 1 aliphatic rings. The molecule has 1 aromatic heterocycles. The highest BCUT2D eigenvalue weighted by Gasteiger charge is 2.27. The molecule has 1 aliphatic carbocycles. The third kappa shape index (κ3) is 9.31. The number of rotatable bonds is 7. The molecule has 0 saturated carbocycles. The van der Waals surface area contributed by atoms with E-state index in [0.29, 0.717) is 29.0 Å². The predicted molar refractivity (Wildman–Crippen MR) is 158 cm³/mol. The molecule has 1 heterocycles. The number of thiazole rings is 1. The van der Waals surface area contributed by atoms with Crippen LogP contribution in [0.25, 0.3) is 16.0 Å². The van der Waals surface area contributed by atoms with Gasteiger partial charge in [-0.2, -0.15) is 0 Å². The van der Waals surface area contributed by atoms with Crippen molar-refractivity contribution in [3.63, 3.8) is 0 Å².